The lowest BCUT2D eigenvalue weighted by molar-refractivity contribution is -0.142. The maximum Gasteiger partial charge on any atom is 0.330 e. The number of ether oxygens (including phenoxy) is 1. The molecule has 1 aromatic carbocycles. The lowest BCUT2D eigenvalue weighted by Gasteiger charge is -2.12. The molecule has 0 saturated carbocycles. The van der Waals surface area contributed by atoms with Crippen LogP contribution in [0.25, 0.3) is 0 Å². The van der Waals surface area contributed by atoms with Gasteiger partial charge in [0.25, 0.3) is 0 Å². The van der Waals surface area contributed by atoms with E-state index in [1.54, 1.807) is 17.6 Å². The zero-order valence-corrected chi connectivity index (χ0v) is 18.8. The second-order valence-corrected chi connectivity index (χ2v) is 8.42. The largest absolute Gasteiger partial charge is 0.467 e. The van der Waals surface area contributed by atoms with Crippen LogP contribution in [0.3, 0.4) is 0 Å². The van der Waals surface area contributed by atoms with Crippen LogP contribution < -0.4 is 0 Å². The van der Waals surface area contributed by atoms with Gasteiger partial charge < -0.3 is 9.30 Å². The summed E-state index contributed by atoms with van der Waals surface area (Å²) in [6.07, 6.45) is 7.08. The Balaban J connectivity index is 1.88. The number of thiophene rings is 1. The smallest absolute Gasteiger partial charge is 0.330 e. The highest BCUT2D eigenvalue weighted by Gasteiger charge is 2.19. The summed E-state index contributed by atoms with van der Waals surface area (Å²) in [6, 6.07) is 11.2. The third-order valence-corrected chi connectivity index (χ3v) is 6.11. The van der Waals surface area contributed by atoms with Crippen molar-refractivity contribution in [3.8, 4) is 0 Å². The molecule has 0 aliphatic rings. The van der Waals surface area contributed by atoms with Crippen molar-refractivity contribution < 1.29 is 9.53 Å². The summed E-state index contributed by atoms with van der Waals surface area (Å²) < 4.78 is 7.09. The molecule has 158 valence electrons. The van der Waals surface area contributed by atoms with Crippen molar-refractivity contribution >= 4 is 35.1 Å². The van der Waals surface area contributed by atoms with Crippen LogP contribution in [-0.2, 0) is 28.9 Å². The van der Waals surface area contributed by atoms with Gasteiger partial charge in [-0.1, -0.05) is 49.2 Å². The summed E-state index contributed by atoms with van der Waals surface area (Å²) in [4.78, 5) is 22.5. The van der Waals surface area contributed by atoms with Gasteiger partial charge in [-0.2, -0.15) is 0 Å². The molecule has 3 aromatic rings. The third-order valence-electron chi connectivity index (χ3n) is 4.84. The van der Waals surface area contributed by atoms with Crippen LogP contribution in [0.2, 0.25) is 5.02 Å². The zero-order chi connectivity index (χ0) is 21.3. The molecule has 2 aromatic heterocycles. The Kier molecular flexibility index (Phi) is 8.22. The van der Waals surface area contributed by atoms with Gasteiger partial charge in [0.05, 0.1) is 25.5 Å². The normalized spacial score (nSPS) is 12.4. The Morgan fingerprint density at radius 1 is 1.33 bits per heavy atom. The molecule has 3 rings (SSSR count). The minimum Gasteiger partial charge on any atom is -0.467 e. The standard InChI is InChI=1S/C23H26ClN3O2S/c1-3-4-11-22-26-15-18(27(22)16-17-8-5-6-10-20(17)24)14-25-21(23(28)29-2)13-19-9-7-12-30-19/h5-10,12,14-15,21H,3-4,11,13,16H2,1-2H3/t21-/m0/s1. The summed E-state index contributed by atoms with van der Waals surface area (Å²) in [5.74, 6) is 0.647. The van der Waals surface area contributed by atoms with Gasteiger partial charge in [-0.15, -0.1) is 11.3 Å². The molecule has 0 spiro atoms. The minimum absolute atomic E-state index is 0.344. The van der Waals surface area contributed by atoms with E-state index in [0.29, 0.717) is 13.0 Å². The van der Waals surface area contributed by atoms with E-state index < -0.39 is 6.04 Å². The molecule has 0 amide bonds. The van der Waals surface area contributed by atoms with Gasteiger partial charge in [-0.05, 0) is 29.5 Å². The number of imidazole rings is 1. The number of hydrogen-bond acceptors (Lipinski definition) is 5. The third kappa shape index (κ3) is 5.80. The average Bonchev–Trinajstić information content (AvgIpc) is 3.40. The Bertz CT molecular complexity index is 982. The first-order valence-corrected chi connectivity index (χ1v) is 11.3. The van der Waals surface area contributed by atoms with E-state index in [1.807, 2.05) is 48.0 Å². The first-order chi connectivity index (χ1) is 14.6. The predicted molar refractivity (Wildman–Crippen MR) is 123 cm³/mol. The number of methoxy groups -OCH3 is 1. The first kappa shape index (κ1) is 22.2. The minimum atomic E-state index is -0.587. The fourth-order valence-corrected chi connectivity index (χ4v) is 4.10. The van der Waals surface area contributed by atoms with Crippen LogP contribution in [0.4, 0.5) is 0 Å². The Labute approximate surface area is 186 Å². The number of nitrogens with zero attached hydrogens (tertiary/aromatic N) is 3. The number of halogens is 1. The molecule has 0 fully saturated rings. The van der Waals surface area contributed by atoms with E-state index in [4.69, 9.17) is 16.3 Å². The molecule has 2 heterocycles. The Morgan fingerprint density at radius 2 is 2.17 bits per heavy atom. The summed E-state index contributed by atoms with van der Waals surface area (Å²) in [6.45, 7) is 2.77. The first-order valence-electron chi connectivity index (χ1n) is 10.0. The molecular formula is C23H26ClN3O2S. The number of hydrogen-bond donors (Lipinski definition) is 0. The van der Waals surface area contributed by atoms with Gasteiger partial charge in [0.15, 0.2) is 6.04 Å². The fraction of sp³-hybridized carbons (Fsp3) is 0.348. The van der Waals surface area contributed by atoms with Crippen LogP contribution in [0, 0.1) is 0 Å². The molecule has 0 aliphatic heterocycles. The number of unbranched alkanes of at least 4 members (excludes halogenated alkanes) is 1. The van der Waals surface area contributed by atoms with E-state index in [2.05, 4.69) is 21.5 Å². The topological polar surface area (TPSA) is 56.5 Å². The van der Waals surface area contributed by atoms with Crippen LogP contribution in [0.15, 0.2) is 53.0 Å². The van der Waals surface area contributed by atoms with Crippen molar-refractivity contribution in [1.29, 1.82) is 0 Å². The highest BCUT2D eigenvalue weighted by Crippen LogP contribution is 2.19. The number of rotatable bonds is 10. The Morgan fingerprint density at radius 3 is 2.87 bits per heavy atom. The quantitative estimate of drug-likeness (QED) is 0.320. The van der Waals surface area contributed by atoms with Crippen molar-refractivity contribution in [3.05, 3.63) is 75.0 Å². The molecule has 0 unspecified atom stereocenters. The second-order valence-electron chi connectivity index (χ2n) is 6.98. The maximum atomic E-state index is 12.3. The van der Waals surface area contributed by atoms with E-state index >= 15 is 0 Å². The van der Waals surface area contributed by atoms with Gasteiger partial charge in [0, 0.05) is 29.0 Å². The van der Waals surface area contributed by atoms with Crippen LogP contribution in [0.1, 0.15) is 41.7 Å². The molecule has 0 radical (unpaired) electrons. The van der Waals surface area contributed by atoms with Gasteiger partial charge in [-0.25, -0.2) is 9.78 Å². The highest BCUT2D eigenvalue weighted by molar-refractivity contribution is 7.09. The number of aryl methyl sites for hydroxylation is 1. The summed E-state index contributed by atoms with van der Waals surface area (Å²) in [5.41, 5.74) is 1.87. The van der Waals surface area contributed by atoms with E-state index in [1.165, 1.54) is 7.11 Å². The van der Waals surface area contributed by atoms with Crippen molar-refractivity contribution in [2.24, 2.45) is 4.99 Å². The molecule has 1 atom stereocenters. The van der Waals surface area contributed by atoms with Gasteiger partial charge >= 0.3 is 5.97 Å². The number of esters is 1. The van der Waals surface area contributed by atoms with E-state index in [-0.39, 0.29) is 5.97 Å². The lowest BCUT2D eigenvalue weighted by atomic mass is 10.2. The van der Waals surface area contributed by atoms with Gasteiger partial charge in [-0.3, -0.25) is 4.99 Å². The summed E-state index contributed by atoms with van der Waals surface area (Å²) in [5, 5.41) is 2.71. The fourth-order valence-electron chi connectivity index (χ4n) is 3.16. The number of aromatic nitrogens is 2. The number of aliphatic imine (C=N–C) groups is 1. The molecule has 0 N–H and O–H groups in total. The van der Waals surface area contributed by atoms with Crippen molar-refractivity contribution in [1.82, 2.24) is 9.55 Å². The molecule has 30 heavy (non-hydrogen) atoms. The van der Waals surface area contributed by atoms with E-state index in [9.17, 15) is 4.79 Å². The van der Waals surface area contributed by atoms with Gasteiger partial charge in [0.2, 0.25) is 0 Å². The zero-order valence-electron chi connectivity index (χ0n) is 17.3. The maximum absolute atomic E-state index is 12.3. The predicted octanol–water partition coefficient (Wildman–Crippen LogP) is 5.19. The van der Waals surface area contributed by atoms with Crippen LogP contribution in [0.5, 0.6) is 0 Å². The summed E-state index contributed by atoms with van der Waals surface area (Å²) >= 11 is 8.00. The van der Waals surface area contributed by atoms with Gasteiger partial charge in [0.1, 0.15) is 5.82 Å². The summed E-state index contributed by atoms with van der Waals surface area (Å²) in [7, 11) is 1.39. The van der Waals surface area contributed by atoms with Crippen LogP contribution >= 0.6 is 22.9 Å². The number of carbonyl (C=O) groups excluding carboxylic acids is 1. The molecule has 0 saturated heterocycles. The SMILES string of the molecule is CCCCc1ncc(C=N[C@@H](Cc2cccs2)C(=O)OC)n1Cc1ccccc1Cl. The molecular weight excluding hydrogens is 418 g/mol. The average molecular weight is 444 g/mol. The molecule has 7 heteroatoms. The van der Waals surface area contributed by atoms with Crippen molar-refractivity contribution in [3.63, 3.8) is 0 Å². The Hall–Kier alpha value is -2.44. The molecule has 0 aliphatic carbocycles. The second kappa shape index (κ2) is 11.1. The highest BCUT2D eigenvalue weighted by atomic mass is 35.5. The molecule has 5 nitrogen and oxygen atoms in total. The van der Waals surface area contributed by atoms with Crippen LogP contribution in [-0.4, -0.2) is 34.9 Å². The lowest BCUT2D eigenvalue weighted by Crippen LogP contribution is -2.23. The van der Waals surface area contributed by atoms with E-state index in [0.717, 1.165) is 46.2 Å². The van der Waals surface area contributed by atoms with Crippen molar-refractivity contribution in [2.75, 3.05) is 7.11 Å². The monoisotopic (exact) mass is 443 g/mol. The molecule has 0 bridgehead atoms. The number of carbonyl (C=O) groups is 1. The number of benzene rings is 1. The van der Waals surface area contributed by atoms with Crippen molar-refractivity contribution in [2.45, 2.75) is 45.2 Å².